The lowest BCUT2D eigenvalue weighted by Crippen LogP contribution is -2.28. The average Bonchev–Trinajstić information content (AvgIpc) is 3.53. The fraction of sp³-hybridized carbons (Fsp3) is 0.385. The monoisotopic (exact) mass is 541 g/mol. The molecule has 1 fully saturated rings. The van der Waals surface area contributed by atoms with Crippen LogP contribution in [-0.4, -0.2) is 53.6 Å². The molecule has 0 atom stereocenters. The lowest BCUT2D eigenvalue weighted by Gasteiger charge is -2.15. The second kappa shape index (κ2) is 10.9. The fourth-order valence-electron chi connectivity index (χ4n) is 4.32. The van der Waals surface area contributed by atoms with Crippen LogP contribution in [0.3, 0.4) is 0 Å². The molecule has 202 valence electrons. The van der Waals surface area contributed by atoms with Crippen molar-refractivity contribution in [3.05, 3.63) is 68.9 Å². The van der Waals surface area contributed by atoms with Crippen LogP contribution in [0.25, 0.3) is 5.69 Å². The highest BCUT2D eigenvalue weighted by Gasteiger charge is 2.30. The van der Waals surface area contributed by atoms with Gasteiger partial charge in [-0.05, 0) is 63.3 Å². The van der Waals surface area contributed by atoms with E-state index in [4.69, 9.17) is 4.74 Å². The van der Waals surface area contributed by atoms with E-state index in [2.05, 4.69) is 9.82 Å². The number of non-ortho nitro benzene ring substituents is 1. The molecule has 4 rings (SSSR count). The lowest BCUT2D eigenvalue weighted by molar-refractivity contribution is -0.385. The number of nitrogens with zero attached hydrogens (tertiary/aromatic N) is 4. The Morgan fingerprint density at radius 3 is 2.50 bits per heavy atom. The first-order valence-corrected chi connectivity index (χ1v) is 13.9. The zero-order valence-electron chi connectivity index (χ0n) is 21.9. The van der Waals surface area contributed by atoms with Gasteiger partial charge in [-0.1, -0.05) is 19.1 Å². The van der Waals surface area contributed by atoms with Crippen molar-refractivity contribution < 1.29 is 22.9 Å². The number of amides is 1. The van der Waals surface area contributed by atoms with E-state index in [0.29, 0.717) is 30.8 Å². The molecule has 1 aliphatic heterocycles. The molecule has 0 spiro atoms. The van der Waals surface area contributed by atoms with E-state index < -0.39 is 14.9 Å². The van der Waals surface area contributed by atoms with Crippen LogP contribution in [0.2, 0.25) is 0 Å². The van der Waals surface area contributed by atoms with Gasteiger partial charge in [0, 0.05) is 37.3 Å². The number of carbonyl (C=O) groups is 1. The molecule has 38 heavy (non-hydrogen) atoms. The third kappa shape index (κ3) is 5.27. The van der Waals surface area contributed by atoms with Crippen molar-refractivity contribution in [3.63, 3.8) is 0 Å². The second-order valence-electron chi connectivity index (χ2n) is 9.30. The topological polar surface area (TPSA) is 137 Å². The maximum atomic E-state index is 13.3. The molecule has 1 N–H and O–H groups in total. The number of carbonyl (C=O) groups excluding carboxylic acids is 1. The van der Waals surface area contributed by atoms with E-state index in [1.807, 2.05) is 32.0 Å². The van der Waals surface area contributed by atoms with Crippen LogP contribution in [0.4, 0.5) is 5.69 Å². The number of hydrogen-bond donors (Lipinski definition) is 1. The van der Waals surface area contributed by atoms with Crippen molar-refractivity contribution in [3.8, 4) is 17.3 Å². The number of benzene rings is 2. The van der Waals surface area contributed by atoms with Gasteiger partial charge in [0.05, 0.1) is 10.6 Å². The number of rotatable bonds is 9. The molecule has 0 unspecified atom stereocenters. The van der Waals surface area contributed by atoms with Gasteiger partial charge >= 0.3 is 0 Å². The number of ether oxygens (including phenoxy) is 1. The summed E-state index contributed by atoms with van der Waals surface area (Å²) in [5.74, 6) is -0.189. The summed E-state index contributed by atoms with van der Waals surface area (Å²) in [6.45, 7) is 8.80. The average molecular weight is 542 g/mol. The van der Waals surface area contributed by atoms with Gasteiger partial charge in [-0.2, -0.15) is 9.78 Å². The number of sulfonamides is 1. The van der Waals surface area contributed by atoms with Crippen LogP contribution in [0.15, 0.2) is 41.3 Å². The SMILES string of the molecule is CCCNS(=O)(=O)c1cc([N+](=O)[O-])ccc1Oc1c(C)c(C(=O)N2CCCC2)nn1-c1cccc(C)c1C. The smallest absolute Gasteiger partial charge is 0.274 e. The van der Waals surface area contributed by atoms with E-state index in [0.717, 1.165) is 30.0 Å². The Hall–Kier alpha value is -3.77. The Labute approximate surface area is 221 Å². The Bertz CT molecular complexity index is 1490. The molecule has 1 amide bonds. The molecular weight excluding hydrogens is 510 g/mol. The van der Waals surface area contributed by atoms with Crippen molar-refractivity contribution in [1.29, 1.82) is 0 Å². The van der Waals surface area contributed by atoms with Crippen molar-refractivity contribution in [2.24, 2.45) is 0 Å². The highest BCUT2D eigenvalue weighted by molar-refractivity contribution is 7.89. The molecule has 1 aromatic heterocycles. The highest BCUT2D eigenvalue weighted by Crippen LogP contribution is 2.36. The van der Waals surface area contributed by atoms with Gasteiger partial charge in [0.1, 0.15) is 10.6 Å². The maximum Gasteiger partial charge on any atom is 0.274 e. The molecule has 12 heteroatoms. The first kappa shape index (κ1) is 27.3. The highest BCUT2D eigenvalue weighted by atomic mass is 32.2. The number of aryl methyl sites for hydroxylation is 1. The summed E-state index contributed by atoms with van der Waals surface area (Å²) in [7, 11) is -4.14. The maximum absolute atomic E-state index is 13.3. The van der Waals surface area contributed by atoms with E-state index in [-0.39, 0.29) is 40.4 Å². The van der Waals surface area contributed by atoms with Crippen molar-refractivity contribution in [1.82, 2.24) is 19.4 Å². The number of aromatic nitrogens is 2. The van der Waals surface area contributed by atoms with Gasteiger partial charge in [0.15, 0.2) is 5.69 Å². The summed E-state index contributed by atoms with van der Waals surface area (Å²) in [5.41, 5.74) is 2.82. The van der Waals surface area contributed by atoms with Crippen molar-refractivity contribution in [2.45, 2.75) is 51.9 Å². The first-order valence-electron chi connectivity index (χ1n) is 12.5. The lowest BCUT2D eigenvalue weighted by atomic mass is 10.1. The Morgan fingerprint density at radius 2 is 1.84 bits per heavy atom. The summed E-state index contributed by atoms with van der Waals surface area (Å²) in [5, 5.41) is 16.1. The minimum atomic E-state index is -4.14. The molecule has 0 aliphatic carbocycles. The van der Waals surface area contributed by atoms with Crippen LogP contribution in [0.1, 0.15) is 53.4 Å². The quantitative estimate of drug-likeness (QED) is 0.313. The van der Waals surface area contributed by atoms with Gasteiger partial charge in [0.2, 0.25) is 15.9 Å². The zero-order valence-corrected chi connectivity index (χ0v) is 22.7. The predicted molar refractivity (Wildman–Crippen MR) is 142 cm³/mol. The molecule has 1 aliphatic rings. The molecule has 0 bridgehead atoms. The van der Waals surface area contributed by atoms with Crippen LogP contribution in [0, 0.1) is 30.9 Å². The molecule has 0 saturated carbocycles. The fourth-order valence-corrected chi connectivity index (χ4v) is 5.60. The number of nitrogens with one attached hydrogen (secondary N) is 1. The Kier molecular flexibility index (Phi) is 7.83. The summed E-state index contributed by atoms with van der Waals surface area (Å²) in [6.07, 6.45) is 2.37. The molecule has 2 heterocycles. The summed E-state index contributed by atoms with van der Waals surface area (Å²) < 4.78 is 36.4. The minimum absolute atomic E-state index is 0.117. The molecule has 1 saturated heterocycles. The summed E-state index contributed by atoms with van der Waals surface area (Å²) in [4.78, 5) is 25.5. The summed E-state index contributed by atoms with van der Waals surface area (Å²) in [6, 6.07) is 9.04. The second-order valence-corrected chi connectivity index (χ2v) is 11.0. The Morgan fingerprint density at radius 1 is 1.13 bits per heavy atom. The minimum Gasteiger partial charge on any atom is -0.437 e. The normalized spacial score (nSPS) is 13.6. The van der Waals surface area contributed by atoms with Crippen LogP contribution >= 0.6 is 0 Å². The van der Waals surface area contributed by atoms with Crippen LogP contribution in [-0.2, 0) is 10.0 Å². The Balaban J connectivity index is 1.89. The van der Waals surface area contributed by atoms with E-state index in [9.17, 15) is 23.3 Å². The van der Waals surface area contributed by atoms with E-state index in [1.54, 1.807) is 18.7 Å². The van der Waals surface area contributed by atoms with Gasteiger partial charge in [-0.15, -0.1) is 0 Å². The molecule has 11 nitrogen and oxygen atoms in total. The first-order chi connectivity index (χ1) is 18.0. The third-order valence-corrected chi connectivity index (χ3v) is 8.13. The summed E-state index contributed by atoms with van der Waals surface area (Å²) >= 11 is 0. The molecular formula is C26H31N5O6S. The standard InChI is InChI=1S/C26H31N5O6S/c1-5-13-27-38(35,36)23-16-20(31(33)34)11-12-22(23)37-26-19(4)24(25(32)29-14-6-7-15-29)28-30(26)21-10-8-9-17(2)18(21)3/h8-12,16,27H,5-7,13-15H2,1-4H3. The molecule has 3 aromatic rings. The number of likely N-dealkylation sites (tertiary alicyclic amines) is 1. The third-order valence-electron chi connectivity index (χ3n) is 6.64. The molecule has 2 aromatic carbocycles. The molecule has 0 radical (unpaired) electrons. The predicted octanol–water partition coefficient (Wildman–Crippen LogP) is 4.42. The van der Waals surface area contributed by atoms with Gasteiger partial charge in [0.25, 0.3) is 11.6 Å². The van der Waals surface area contributed by atoms with Gasteiger partial charge in [-0.3, -0.25) is 14.9 Å². The van der Waals surface area contributed by atoms with Crippen molar-refractivity contribution >= 4 is 21.6 Å². The van der Waals surface area contributed by atoms with E-state index >= 15 is 0 Å². The van der Waals surface area contributed by atoms with Crippen molar-refractivity contribution in [2.75, 3.05) is 19.6 Å². The zero-order chi connectivity index (χ0) is 27.6. The number of nitro benzene ring substituents is 1. The number of hydrogen-bond acceptors (Lipinski definition) is 7. The van der Waals surface area contributed by atoms with Crippen LogP contribution < -0.4 is 9.46 Å². The van der Waals surface area contributed by atoms with Crippen LogP contribution in [0.5, 0.6) is 11.6 Å². The van der Waals surface area contributed by atoms with Gasteiger partial charge in [-0.25, -0.2) is 13.1 Å². The van der Waals surface area contributed by atoms with Gasteiger partial charge < -0.3 is 9.64 Å². The van der Waals surface area contributed by atoms with E-state index in [1.165, 1.54) is 16.8 Å². The number of nitro groups is 1. The largest absolute Gasteiger partial charge is 0.437 e.